The lowest BCUT2D eigenvalue weighted by molar-refractivity contribution is -0.129. The van der Waals surface area contributed by atoms with E-state index in [1.54, 1.807) is 0 Å². The van der Waals surface area contributed by atoms with Crippen molar-refractivity contribution < 1.29 is 31.8 Å². The number of amidine groups is 1. The first-order chi connectivity index (χ1) is 17.5. The summed E-state index contributed by atoms with van der Waals surface area (Å²) in [4.78, 5) is 15.1. The number of sulfonamides is 1. The molecule has 0 saturated carbocycles. The molecule has 0 aliphatic carbocycles. The number of carbonyl (C=O) groups is 1. The molecule has 14 heteroatoms. The molecule has 1 unspecified atom stereocenters. The van der Waals surface area contributed by atoms with Gasteiger partial charge in [-0.3, -0.25) is 14.1 Å². The van der Waals surface area contributed by atoms with Gasteiger partial charge in [-0.25, -0.2) is 12.8 Å². The Kier molecular flexibility index (Phi) is 7.15. The number of hydrogen-bond donors (Lipinski definition) is 3. The second kappa shape index (κ2) is 9.68. The van der Waals surface area contributed by atoms with Gasteiger partial charge >= 0.3 is 7.52 Å². The van der Waals surface area contributed by atoms with E-state index in [0.29, 0.717) is 5.56 Å². The number of anilines is 2. The van der Waals surface area contributed by atoms with Crippen LogP contribution in [-0.2, 0) is 30.5 Å². The minimum Gasteiger partial charge on any atom is -0.509 e. The maximum atomic E-state index is 13.7. The summed E-state index contributed by atoms with van der Waals surface area (Å²) in [5.74, 6) is -1.61. The largest absolute Gasteiger partial charge is 0.509 e. The van der Waals surface area contributed by atoms with Gasteiger partial charge in [0.1, 0.15) is 17.1 Å². The topological polar surface area (TPSA) is 137 Å². The summed E-state index contributed by atoms with van der Waals surface area (Å²) in [5.41, 5.74) is 0.156. The minimum atomic E-state index is -3.98. The highest BCUT2D eigenvalue weighted by atomic mass is 35.5. The third-order valence-electron chi connectivity index (χ3n) is 6.03. The number of hydrogen-bond acceptors (Lipinski definition) is 7. The van der Waals surface area contributed by atoms with E-state index in [-0.39, 0.29) is 45.4 Å². The molecule has 2 heterocycles. The van der Waals surface area contributed by atoms with Crippen LogP contribution in [0.15, 0.2) is 52.5 Å². The van der Waals surface area contributed by atoms with E-state index in [9.17, 15) is 27.3 Å². The Bertz CT molecular complexity index is 1550. The number of fused-ring (bicyclic) bond motifs is 1. The van der Waals surface area contributed by atoms with Gasteiger partial charge in [-0.05, 0) is 41.3 Å². The van der Waals surface area contributed by atoms with E-state index >= 15 is 0 Å². The monoisotopic (exact) mass is 584 g/mol. The third kappa shape index (κ3) is 5.31. The van der Waals surface area contributed by atoms with Crippen LogP contribution in [0.3, 0.4) is 0 Å². The van der Waals surface area contributed by atoms with Crippen molar-refractivity contribution in [2.75, 3.05) is 23.4 Å². The van der Waals surface area contributed by atoms with Gasteiger partial charge in [0.25, 0.3) is 5.91 Å². The van der Waals surface area contributed by atoms with E-state index < -0.39 is 40.7 Å². The molecule has 0 spiro atoms. The molecule has 0 radical (unpaired) electrons. The van der Waals surface area contributed by atoms with Crippen LogP contribution >= 0.6 is 19.1 Å². The fourth-order valence-corrected chi connectivity index (χ4v) is 6.79. The molecule has 2 atom stereocenters. The zero-order valence-electron chi connectivity index (χ0n) is 21.2. The first-order valence-corrected chi connectivity index (χ1v) is 15.2. The standard InChI is InChI=1S/C24H27ClFN4O6PS/c1-24(2,3)21-20(31)19(23(32)30(21)12-13-6-8-16(26)15(25)10-13)22-27-17-9-7-14(29-38(5,34)35)11-18(17)37(33,28-22)36-4/h6-11,21,29,31H,12H2,1-5H3,(H,27,28,33)/t21-,37?/m1/s1. The summed E-state index contributed by atoms with van der Waals surface area (Å²) < 4.78 is 62.5. The Labute approximate surface area is 225 Å². The zero-order chi connectivity index (χ0) is 28.2. The van der Waals surface area contributed by atoms with Crippen LogP contribution in [0.5, 0.6) is 0 Å². The molecule has 4 rings (SSSR count). The number of nitrogens with one attached hydrogen (secondary N) is 2. The number of aliphatic hydroxyl groups excluding tert-OH is 1. The van der Waals surface area contributed by atoms with Crippen LogP contribution in [0.4, 0.5) is 15.8 Å². The van der Waals surface area contributed by atoms with E-state index in [1.807, 2.05) is 20.8 Å². The van der Waals surface area contributed by atoms with Crippen LogP contribution in [-0.4, -0.2) is 49.6 Å². The van der Waals surface area contributed by atoms with E-state index in [0.717, 1.165) is 6.26 Å². The number of benzene rings is 2. The predicted octanol–water partition coefficient (Wildman–Crippen LogP) is 4.41. The summed E-state index contributed by atoms with van der Waals surface area (Å²) in [5, 5.41) is 14.2. The summed E-state index contributed by atoms with van der Waals surface area (Å²) in [6, 6.07) is 7.57. The van der Waals surface area contributed by atoms with Crippen LogP contribution in [0, 0.1) is 11.2 Å². The van der Waals surface area contributed by atoms with Crippen molar-refractivity contribution in [3.8, 4) is 0 Å². The molecule has 2 aromatic rings. The summed E-state index contributed by atoms with van der Waals surface area (Å²) in [6.07, 6.45) is 0.981. The van der Waals surface area contributed by atoms with Crippen LogP contribution in [0.2, 0.25) is 5.02 Å². The van der Waals surface area contributed by atoms with Gasteiger partial charge in [-0.2, -0.15) is 4.76 Å². The summed E-state index contributed by atoms with van der Waals surface area (Å²) >= 11 is 5.93. The lowest BCUT2D eigenvalue weighted by Gasteiger charge is -2.35. The molecule has 0 fully saturated rings. The average Bonchev–Trinajstić information content (AvgIpc) is 3.05. The van der Waals surface area contributed by atoms with Gasteiger partial charge in [0, 0.05) is 19.3 Å². The Hall–Kier alpha value is -2.92. The van der Waals surface area contributed by atoms with Crippen molar-refractivity contribution >= 4 is 57.6 Å². The highest BCUT2D eigenvalue weighted by Gasteiger charge is 2.48. The van der Waals surface area contributed by atoms with Crippen molar-refractivity contribution in [1.82, 2.24) is 4.90 Å². The SMILES string of the molecule is COP1(=O)N=C(C2=C(O)[C@H](C(C)(C)C)N(Cc3ccc(F)c(Cl)c3)C2=O)Nc2ccc(NS(C)(=O)=O)cc21. The number of halogens is 2. The second-order valence-corrected chi connectivity index (χ2v) is 14.3. The van der Waals surface area contributed by atoms with Crippen molar-refractivity contribution in [2.45, 2.75) is 33.4 Å². The minimum absolute atomic E-state index is 0.0145. The molecule has 2 aliphatic heterocycles. The first kappa shape index (κ1) is 28.1. The first-order valence-electron chi connectivity index (χ1n) is 11.4. The Morgan fingerprint density at radius 3 is 2.53 bits per heavy atom. The van der Waals surface area contributed by atoms with Gasteiger partial charge in [0.15, 0.2) is 5.84 Å². The maximum Gasteiger partial charge on any atom is 0.348 e. The van der Waals surface area contributed by atoms with E-state index in [4.69, 9.17) is 16.1 Å². The number of rotatable bonds is 6. The molecule has 204 valence electrons. The number of nitrogens with zero attached hydrogens (tertiary/aromatic N) is 2. The molecular formula is C24H27ClFN4O6PS. The molecule has 0 bridgehead atoms. The molecular weight excluding hydrogens is 558 g/mol. The lowest BCUT2D eigenvalue weighted by atomic mass is 9.85. The van der Waals surface area contributed by atoms with Gasteiger partial charge in [-0.1, -0.05) is 38.4 Å². The Morgan fingerprint density at radius 1 is 1.26 bits per heavy atom. The number of carbonyl (C=O) groups excluding carboxylic acids is 1. The molecule has 1 amide bonds. The van der Waals surface area contributed by atoms with Gasteiger partial charge in [0.2, 0.25) is 10.0 Å². The summed E-state index contributed by atoms with van der Waals surface area (Å²) in [6.45, 7) is 5.55. The number of amides is 1. The molecule has 38 heavy (non-hydrogen) atoms. The Morgan fingerprint density at radius 2 is 1.95 bits per heavy atom. The van der Waals surface area contributed by atoms with Crippen molar-refractivity contribution in [1.29, 1.82) is 0 Å². The van der Waals surface area contributed by atoms with Crippen LogP contribution in [0.25, 0.3) is 0 Å². The number of aliphatic hydroxyl groups is 1. The van der Waals surface area contributed by atoms with Crippen molar-refractivity contribution in [3.63, 3.8) is 0 Å². The van der Waals surface area contributed by atoms with Gasteiger partial charge in [0.05, 0.1) is 28.3 Å². The third-order valence-corrected chi connectivity index (χ3v) is 8.87. The van der Waals surface area contributed by atoms with Crippen LogP contribution in [0.1, 0.15) is 26.3 Å². The van der Waals surface area contributed by atoms with Gasteiger partial charge in [-0.15, -0.1) is 0 Å². The fraction of sp³-hybridized carbons (Fsp3) is 0.333. The van der Waals surface area contributed by atoms with Gasteiger partial charge < -0.3 is 19.8 Å². The fourth-order valence-electron chi connectivity index (χ4n) is 4.49. The highest BCUT2D eigenvalue weighted by molar-refractivity contribution is 7.92. The molecule has 2 aliphatic rings. The second-order valence-electron chi connectivity index (χ2n) is 10.1. The molecule has 10 nitrogen and oxygen atoms in total. The quantitative estimate of drug-likeness (QED) is 0.428. The molecule has 0 saturated heterocycles. The zero-order valence-corrected chi connectivity index (χ0v) is 23.7. The smallest absolute Gasteiger partial charge is 0.348 e. The lowest BCUT2D eigenvalue weighted by Crippen LogP contribution is -2.43. The highest BCUT2D eigenvalue weighted by Crippen LogP contribution is 2.52. The molecule has 0 aromatic heterocycles. The molecule has 3 N–H and O–H groups in total. The van der Waals surface area contributed by atoms with E-state index in [2.05, 4.69) is 14.8 Å². The van der Waals surface area contributed by atoms with Crippen molar-refractivity contribution in [2.24, 2.45) is 10.2 Å². The van der Waals surface area contributed by atoms with Crippen LogP contribution < -0.4 is 15.3 Å². The van der Waals surface area contributed by atoms with Crippen molar-refractivity contribution in [3.05, 3.63) is 64.1 Å². The van der Waals surface area contributed by atoms with E-state index in [1.165, 1.54) is 48.4 Å². The molecule has 2 aromatic carbocycles. The normalized spacial score (nSPS) is 21.8. The Balaban J connectivity index is 1.77. The maximum absolute atomic E-state index is 13.7. The summed E-state index contributed by atoms with van der Waals surface area (Å²) in [7, 11) is -6.40. The predicted molar refractivity (Wildman–Crippen MR) is 145 cm³/mol. The average molecular weight is 585 g/mol.